The van der Waals surface area contributed by atoms with Crippen LogP contribution in [0.1, 0.15) is 18.1 Å². The molecule has 2 rings (SSSR count). The van der Waals surface area contributed by atoms with E-state index >= 15 is 0 Å². The van der Waals surface area contributed by atoms with E-state index in [9.17, 15) is 4.79 Å². The van der Waals surface area contributed by atoms with Crippen molar-refractivity contribution < 1.29 is 23.7 Å². The molecule has 1 unspecified atom stereocenters. The first kappa shape index (κ1) is 14.4. The molecule has 1 aliphatic rings. The van der Waals surface area contributed by atoms with Crippen molar-refractivity contribution in [1.82, 2.24) is 0 Å². The Balaban J connectivity index is 2.51. The second-order valence-electron chi connectivity index (χ2n) is 4.71. The molecule has 5 heteroatoms. The Labute approximate surface area is 118 Å². The number of hydrogen-bond donors (Lipinski definition) is 0. The number of carbonyl (C=O) groups excluding carboxylic acids is 1. The zero-order valence-electron chi connectivity index (χ0n) is 12.1. The number of rotatable bonds is 4. The molecule has 0 N–H and O–H groups in total. The molecule has 0 aromatic heterocycles. The Hall–Kier alpha value is -2.01. The van der Waals surface area contributed by atoms with Gasteiger partial charge in [-0.1, -0.05) is 0 Å². The van der Waals surface area contributed by atoms with E-state index in [4.69, 9.17) is 14.2 Å². The highest BCUT2D eigenvalue weighted by molar-refractivity contribution is 5.91. The second kappa shape index (κ2) is 5.54. The fourth-order valence-electron chi connectivity index (χ4n) is 2.31. The number of ether oxygens (including phenoxy) is 4. The van der Waals surface area contributed by atoms with Crippen LogP contribution in [-0.2, 0) is 24.6 Å². The average Bonchev–Trinajstić information content (AvgIpc) is 2.71. The van der Waals surface area contributed by atoms with Gasteiger partial charge in [-0.25, -0.2) is 4.79 Å². The van der Waals surface area contributed by atoms with Crippen LogP contribution in [0.2, 0.25) is 0 Å². The minimum Gasteiger partial charge on any atom is -0.497 e. The van der Waals surface area contributed by atoms with Crippen LogP contribution in [0.4, 0.5) is 0 Å². The lowest BCUT2D eigenvalue weighted by atomic mass is 9.94. The highest BCUT2D eigenvalue weighted by atomic mass is 16.5. The van der Waals surface area contributed by atoms with Crippen molar-refractivity contribution >= 4 is 11.7 Å². The molecule has 0 saturated carbocycles. The summed E-state index contributed by atoms with van der Waals surface area (Å²) in [5.41, 5.74) is 1.11. The van der Waals surface area contributed by atoms with Crippen LogP contribution >= 0.6 is 0 Å². The minimum absolute atomic E-state index is 0.367. The van der Waals surface area contributed by atoms with E-state index in [-0.39, 0.29) is 0 Å². The van der Waals surface area contributed by atoms with Crippen LogP contribution < -0.4 is 4.74 Å². The molecular formula is C15H18O5. The third-order valence-corrected chi connectivity index (χ3v) is 3.27. The summed E-state index contributed by atoms with van der Waals surface area (Å²) >= 11 is 0. The predicted molar refractivity (Wildman–Crippen MR) is 73.3 cm³/mol. The summed E-state index contributed by atoms with van der Waals surface area (Å²) in [4.78, 5) is 11.4. The van der Waals surface area contributed by atoms with Crippen molar-refractivity contribution in [2.24, 2.45) is 0 Å². The van der Waals surface area contributed by atoms with Gasteiger partial charge in [0.05, 0.1) is 26.9 Å². The van der Waals surface area contributed by atoms with Crippen molar-refractivity contribution in [3.63, 3.8) is 0 Å². The molecule has 5 nitrogen and oxygen atoms in total. The van der Waals surface area contributed by atoms with Gasteiger partial charge in [0, 0.05) is 18.2 Å². The van der Waals surface area contributed by atoms with Gasteiger partial charge < -0.3 is 18.9 Å². The normalized spacial score (nSPS) is 22.3. The lowest BCUT2D eigenvalue weighted by molar-refractivity contribution is -0.134. The Bertz CT molecular complexity index is 549. The summed E-state index contributed by atoms with van der Waals surface area (Å²) < 4.78 is 21.0. The predicted octanol–water partition coefficient (Wildman–Crippen LogP) is 2.10. The summed E-state index contributed by atoms with van der Waals surface area (Å²) in [6, 6.07) is 5.59. The molecule has 0 radical (unpaired) electrons. The highest BCUT2D eigenvalue weighted by Gasteiger charge is 2.40. The fourth-order valence-corrected chi connectivity index (χ4v) is 2.31. The standard InChI is InChI=1S/C15H18O5/c1-15(9-17-2)12-7-10(18-3)5-6-11(12)13(20-15)8-14(16)19-4/h5-8H,9H2,1-4H3/b13-8-. The van der Waals surface area contributed by atoms with E-state index in [1.165, 1.54) is 13.2 Å². The lowest BCUT2D eigenvalue weighted by Gasteiger charge is -2.24. The van der Waals surface area contributed by atoms with Gasteiger partial charge in [0.1, 0.15) is 11.5 Å². The third-order valence-electron chi connectivity index (χ3n) is 3.27. The Morgan fingerprint density at radius 1 is 1.35 bits per heavy atom. The Kier molecular flexibility index (Phi) is 3.99. The summed E-state index contributed by atoms with van der Waals surface area (Å²) in [5, 5.41) is 0. The maximum Gasteiger partial charge on any atom is 0.334 e. The van der Waals surface area contributed by atoms with Crippen molar-refractivity contribution in [2.45, 2.75) is 12.5 Å². The van der Waals surface area contributed by atoms with Crippen LogP contribution in [0.5, 0.6) is 5.75 Å². The number of carbonyl (C=O) groups is 1. The number of hydrogen-bond acceptors (Lipinski definition) is 5. The van der Waals surface area contributed by atoms with Gasteiger partial charge in [0.15, 0.2) is 5.60 Å². The largest absolute Gasteiger partial charge is 0.497 e. The van der Waals surface area contributed by atoms with E-state index in [0.717, 1.165) is 16.9 Å². The first-order chi connectivity index (χ1) is 9.54. The SMILES string of the molecule is COCC1(C)O/C(=C\C(=O)OC)c2ccc(OC)cc21. The number of benzene rings is 1. The molecule has 1 heterocycles. The van der Waals surface area contributed by atoms with Crippen molar-refractivity contribution in [3.05, 3.63) is 35.4 Å². The summed E-state index contributed by atoms with van der Waals surface area (Å²) in [7, 11) is 4.55. The van der Waals surface area contributed by atoms with Gasteiger partial charge in [-0.3, -0.25) is 0 Å². The minimum atomic E-state index is -0.654. The number of methoxy groups -OCH3 is 3. The van der Waals surface area contributed by atoms with Crippen LogP contribution in [0.3, 0.4) is 0 Å². The molecule has 1 aromatic carbocycles. The molecule has 1 aromatic rings. The van der Waals surface area contributed by atoms with Crippen LogP contribution in [-0.4, -0.2) is 33.9 Å². The van der Waals surface area contributed by atoms with E-state index in [0.29, 0.717) is 12.4 Å². The van der Waals surface area contributed by atoms with Gasteiger partial charge in [-0.2, -0.15) is 0 Å². The number of fused-ring (bicyclic) bond motifs is 1. The Morgan fingerprint density at radius 3 is 2.70 bits per heavy atom. The van der Waals surface area contributed by atoms with Gasteiger partial charge in [0.25, 0.3) is 0 Å². The molecular weight excluding hydrogens is 260 g/mol. The maximum absolute atomic E-state index is 11.4. The zero-order chi connectivity index (χ0) is 14.8. The van der Waals surface area contributed by atoms with Crippen molar-refractivity contribution in [2.75, 3.05) is 27.9 Å². The van der Waals surface area contributed by atoms with Gasteiger partial charge >= 0.3 is 5.97 Å². The smallest absolute Gasteiger partial charge is 0.334 e. The molecule has 20 heavy (non-hydrogen) atoms. The van der Waals surface area contributed by atoms with Crippen molar-refractivity contribution in [1.29, 1.82) is 0 Å². The van der Waals surface area contributed by atoms with E-state index < -0.39 is 11.6 Å². The highest BCUT2D eigenvalue weighted by Crippen LogP contribution is 2.44. The molecule has 1 atom stereocenters. The van der Waals surface area contributed by atoms with E-state index in [1.54, 1.807) is 14.2 Å². The quantitative estimate of drug-likeness (QED) is 0.623. The molecule has 0 amide bonds. The maximum atomic E-state index is 11.4. The van der Waals surface area contributed by atoms with Crippen LogP contribution in [0.25, 0.3) is 5.76 Å². The Morgan fingerprint density at radius 2 is 2.10 bits per heavy atom. The molecule has 108 valence electrons. The molecule has 0 spiro atoms. The molecule has 0 bridgehead atoms. The first-order valence-electron chi connectivity index (χ1n) is 6.20. The fraction of sp³-hybridized carbons (Fsp3) is 0.400. The lowest BCUT2D eigenvalue weighted by Crippen LogP contribution is -2.26. The van der Waals surface area contributed by atoms with Crippen LogP contribution in [0, 0.1) is 0 Å². The van der Waals surface area contributed by atoms with Gasteiger partial charge in [0.2, 0.25) is 0 Å². The molecule has 0 aliphatic carbocycles. The molecule has 1 aliphatic heterocycles. The average molecular weight is 278 g/mol. The second-order valence-corrected chi connectivity index (χ2v) is 4.71. The topological polar surface area (TPSA) is 54.0 Å². The number of esters is 1. The van der Waals surface area contributed by atoms with E-state index in [2.05, 4.69) is 4.74 Å². The van der Waals surface area contributed by atoms with Gasteiger partial charge in [-0.15, -0.1) is 0 Å². The molecule has 0 saturated heterocycles. The van der Waals surface area contributed by atoms with Crippen LogP contribution in [0.15, 0.2) is 24.3 Å². The first-order valence-corrected chi connectivity index (χ1v) is 6.20. The summed E-state index contributed by atoms with van der Waals surface area (Å²) in [5.74, 6) is 0.756. The zero-order valence-corrected chi connectivity index (χ0v) is 12.1. The van der Waals surface area contributed by atoms with Gasteiger partial charge in [-0.05, 0) is 25.1 Å². The third kappa shape index (κ3) is 2.49. The molecule has 0 fully saturated rings. The van der Waals surface area contributed by atoms with E-state index in [1.807, 2.05) is 25.1 Å². The summed E-state index contributed by atoms with van der Waals surface area (Å²) in [6.45, 7) is 2.28. The summed E-state index contributed by atoms with van der Waals surface area (Å²) in [6.07, 6.45) is 1.34. The van der Waals surface area contributed by atoms with Crippen molar-refractivity contribution in [3.8, 4) is 5.75 Å². The monoisotopic (exact) mass is 278 g/mol.